The van der Waals surface area contributed by atoms with Crippen molar-refractivity contribution < 1.29 is 0 Å². The summed E-state index contributed by atoms with van der Waals surface area (Å²) in [6.45, 7) is 12.6. The fourth-order valence-electron chi connectivity index (χ4n) is 2.56. The third kappa shape index (κ3) is 8.93. The molecule has 2 nitrogen and oxygen atoms in total. The van der Waals surface area contributed by atoms with Crippen LogP contribution in [0.15, 0.2) is 0 Å². The predicted octanol–water partition coefficient (Wildman–Crippen LogP) is 3.90. The lowest BCUT2D eigenvalue weighted by atomic mass is 9.76. The standard InChI is InChI=1S/C16H36N2/c1-6-7-8-13-18(5)14-9-10-15(11-12-17)16(2,3)4/h15H,6-14,17H2,1-5H3. The van der Waals surface area contributed by atoms with Crippen LogP contribution in [0.5, 0.6) is 0 Å². The number of hydrogen-bond donors (Lipinski definition) is 1. The van der Waals surface area contributed by atoms with Gasteiger partial charge in [-0.2, -0.15) is 0 Å². The summed E-state index contributed by atoms with van der Waals surface area (Å²) in [5, 5.41) is 0. The molecule has 0 spiro atoms. The number of unbranched alkanes of at least 4 members (excludes halogenated alkanes) is 2. The van der Waals surface area contributed by atoms with E-state index in [0.29, 0.717) is 5.41 Å². The van der Waals surface area contributed by atoms with E-state index in [-0.39, 0.29) is 0 Å². The highest BCUT2D eigenvalue weighted by molar-refractivity contribution is 4.74. The molecular weight excluding hydrogens is 220 g/mol. The lowest BCUT2D eigenvalue weighted by Crippen LogP contribution is -2.26. The first kappa shape index (κ1) is 17.9. The molecule has 0 aromatic heterocycles. The fraction of sp³-hybridized carbons (Fsp3) is 1.00. The molecule has 0 saturated heterocycles. The maximum atomic E-state index is 5.73. The van der Waals surface area contributed by atoms with Crippen molar-refractivity contribution in [2.45, 2.75) is 66.2 Å². The van der Waals surface area contributed by atoms with E-state index >= 15 is 0 Å². The molecular formula is C16H36N2. The Morgan fingerprint density at radius 2 is 1.61 bits per heavy atom. The largest absolute Gasteiger partial charge is 0.330 e. The topological polar surface area (TPSA) is 29.3 Å². The summed E-state index contributed by atoms with van der Waals surface area (Å²) in [4.78, 5) is 2.48. The first-order valence-electron chi connectivity index (χ1n) is 7.80. The Kier molecular flexibility index (Phi) is 9.76. The normalized spacial score (nSPS) is 14.2. The number of nitrogens with two attached hydrogens (primary N) is 1. The van der Waals surface area contributed by atoms with E-state index < -0.39 is 0 Å². The van der Waals surface area contributed by atoms with Crippen molar-refractivity contribution in [3.8, 4) is 0 Å². The minimum absolute atomic E-state index is 0.403. The van der Waals surface area contributed by atoms with Crippen molar-refractivity contribution in [1.29, 1.82) is 0 Å². The van der Waals surface area contributed by atoms with E-state index in [1.54, 1.807) is 0 Å². The number of nitrogens with zero attached hydrogens (tertiary/aromatic N) is 1. The van der Waals surface area contributed by atoms with Crippen LogP contribution in [-0.2, 0) is 0 Å². The van der Waals surface area contributed by atoms with E-state index in [1.165, 1.54) is 51.6 Å². The quantitative estimate of drug-likeness (QED) is 0.601. The summed E-state index contributed by atoms with van der Waals surface area (Å²) in [5.74, 6) is 0.770. The Morgan fingerprint density at radius 3 is 2.11 bits per heavy atom. The second-order valence-corrected chi connectivity index (χ2v) is 6.79. The van der Waals surface area contributed by atoms with Crippen LogP contribution >= 0.6 is 0 Å². The molecule has 0 bridgehead atoms. The van der Waals surface area contributed by atoms with Crippen molar-refractivity contribution in [1.82, 2.24) is 4.90 Å². The summed E-state index contributed by atoms with van der Waals surface area (Å²) in [6.07, 6.45) is 7.82. The van der Waals surface area contributed by atoms with Gasteiger partial charge in [-0.05, 0) is 63.7 Å². The van der Waals surface area contributed by atoms with Gasteiger partial charge in [0.25, 0.3) is 0 Å². The van der Waals surface area contributed by atoms with Crippen LogP contribution in [0.4, 0.5) is 0 Å². The van der Waals surface area contributed by atoms with Gasteiger partial charge in [-0.3, -0.25) is 0 Å². The van der Waals surface area contributed by atoms with Crippen LogP contribution in [0, 0.1) is 11.3 Å². The highest BCUT2D eigenvalue weighted by atomic mass is 15.1. The van der Waals surface area contributed by atoms with Gasteiger partial charge in [-0.1, -0.05) is 40.5 Å². The fourth-order valence-corrected chi connectivity index (χ4v) is 2.56. The zero-order chi connectivity index (χ0) is 14.0. The highest BCUT2D eigenvalue weighted by Gasteiger charge is 2.23. The van der Waals surface area contributed by atoms with Crippen molar-refractivity contribution in [2.75, 3.05) is 26.7 Å². The van der Waals surface area contributed by atoms with Crippen molar-refractivity contribution in [2.24, 2.45) is 17.1 Å². The third-order valence-electron chi connectivity index (χ3n) is 3.98. The van der Waals surface area contributed by atoms with Crippen molar-refractivity contribution in [3.63, 3.8) is 0 Å². The van der Waals surface area contributed by atoms with Gasteiger partial charge in [-0.15, -0.1) is 0 Å². The molecule has 2 N–H and O–H groups in total. The Morgan fingerprint density at radius 1 is 1.00 bits per heavy atom. The van der Waals surface area contributed by atoms with Gasteiger partial charge in [0, 0.05) is 0 Å². The zero-order valence-corrected chi connectivity index (χ0v) is 13.5. The molecule has 0 heterocycles. The molecule has 0 amide bonds. The second-order valence-electron chi connectivity index (χ2n) is 6.79. The average Bonchev–Trinajstić information content (AvgIpc) is 2.27. The first-order chi connectivity index (χ1) is 8.41. The van der Waals surface area contributed by atoms with Gasteiger partial charge in [-0.25, -0.2) is 0 Å². The molecule has 18 heavy (non-hydrogen) atoms. The molecule has 0 aliphatic carbocycles. The molecule has 1 unspecified atom stereocenters. The Bertz CT molecular complexity index is 184. The summed E-state index contributed by atoms with van der Waals surface area (Å²) >= 11 is 0. The number of rotatable bonds is 10. The van der Waals surface area contributed by atoms with Crippen molar-refractivity contribution in [3.05, 3.63) is 0 Å². The van der Waals surface area contributed by atoms with E-state index in [4.69, 9.17) is 5.73 Å². The first-order valence-corrected chi connectivity index (χ1v) is 7.80. The van der Waals surface area contributed by atoms with E-state index in [2.05, 4.69) is 39.6 Å². The van der Waals surface area contributed by atoms with Crippen LogP contribution < -0.4 is 5.73 Å². The summed E-state index contributed by atoms with van der Waals surface area (Å²) in [6, 6.07) is 0. The van der Waals surface area contributed by atoms with Gasteiger partial charge in [0.2, 0.25) is 0 Å². The molecule has 0 aromatic carbocycles. The highest BCUT2D eigenvalue weighted by Crippen LogP contribution is 2.32. The van der Waals surface area contributed by atoms with E-state index in [1.807, 2.05) is 0 Å². The van der Waals surface area contributed by atoms with Crippen LogP contribution in [0.2, 0.25) is 0 Å². The SMILES string of the molecule is CCCCCN(C)CCCC(CCN)C(C)(C)C. The Hall–Kier alpha value is -0.0800. The lowest BCUT2D eigenvalue weighted by Gasteiger charge is -2.31. The van der Waals surface area contributed by atoms with Crippen LogP contribution in [-0.4, -0.2) is 31.6 Å². The molecule has 0 saturated carbocycles. The Labute approximate surface area is 115 Å². The predicted molar refractivity (Wildman–Crippen MR) is 82.9 cm³/mol. The molecule has 2 heteroatoms. The van der Waals surface area contributed by atoms with Gasteiger partial charge < -0.3 is 10.6 Å². The minimum atomic E-state index is 0.403. The molecule has 110 valence electrons. The third-order valence-corrected chi connectivity index (χ3v) is 3.98. The monoisotopic (exact) mass is 256 g/mol. The second kappa shape index (κ2) is 9.80. The van der Waals surface area contributed by atoms with Gasteiger partial charge in [0.15, 0.2) is 0 Å². The lowest BCUT2D eigenvalue weighted by molar-refractivity contribution is 0.200. The van der Waals surface area contributed by atoms with Crippen LogP contribution in [0.3, 0.4) is 0 Å². The summed E-state index contributed by atoms with van der Waals surface area (Å²) in [7, 11) is 2.25. The van der Waals surface area contributed by atoms with Gasteiger partial charge >= 0.3 is 0 Å². The van der Waals surface area contributed by atoms with Crippen LogP contribution in [0.1, 0.15) is 66.2 Å². The molecule has 0 radical (unpaired) electrons. The maximum absolute atomic E-state index is 5.73. The molecule has 0 aliphatic rings. The molecule has 0 rings (SSSR count). The summed E-state index contributed by atoms with van der Waals surface area (Å²) in [5.41, 5.74) is 6.13. The van der Waals surface area contributed by atoms with Gasteiger partial charge in [0.05, 0.1) is 0 Å². The molecule has 0 aromatic rings. The smallest absolute Gasteiger partial charge is 0.00217 e. The minimum Gasteiger partial charge on any atom is -0.330 e. The number of hydrogen-bond acceptors (Lipinski definition) is 2. The zero-order valence-electron chi connectivity index (χ0n) is 13.5. The van der Waals surface area contributed by atoms with E-state index in [9.17, 15) is 0 Å². The van der Waals surface area contributed by atoms with Gasteiger partial charge in [0.1, 0.15) is 0 Å². The van der Waals surface area contributed by atoms with Crippen LogP contribution in [0.25, 0.3) is 0 Å². The molecule has 0 fully saturated rings. The Balaban J connectivity index is 3.78. The molecule has 0 aliphatic heterocycles. The maximum Gasteiger partial charge on any atom is -0.00217 e. The molecule has 1 atom stereocenters. The van der Waals surface area contributed by atoms with E-state index in [0.717, 1.165) is 12.5 Å². The average molecular weight is 256 g/mol. The summed E-state index contributed by atoms with van der Waals surface area (Å²) < 4.78 is 0. The van der Waals surface area contributed by atoms with Crippen molar-refractivity contribution >= 4 is 0 Å².